The van der Waals surface area contributed by atoms with Gasteiger partial charge >= 0.3 is 24.0 Å². The average molecular weight is 633 g/mol. The van der Waals surface area contributed by atoms with Crippen molar-refractivity contribution >= 4 is 65.1 Å². The first-order valence-electron chi connectivity index (χ1n) is 12.9. The Balaban J connectivity index is 1.28. The third kappa shape index (κ3) is 6.15. The summed E-state index contributed by atoms with van der Waals surface area (Å²) in [5.74, 6) is -3.12. The molecule has 5 rings (SSSR count). The number of β-lactam (4-membered cyclic amide) rings is 1. The van der Waals surface area contributed by atoms with Crippen molar-refractivity contribution in [2.75, 3.05) is 25.4 Å². The molecule has 1 aromatic rings. The molecule has 3 N–H and O–H groups in total. The number of imide groups is 1. The van der Waals surface area contributed by atoms with Crippen molar-refractivity contribution in [1.29, 1.82) is 0 Å². The zero-order valence-electron chi connectivity index (χ0n) is 22.5. The van der Waals surface area contributed by atoms with E-state index in [1.54, 1.807) is 30.3 Å². The summed E-state index contributed by atoms with van der Waals surface area (Å²) in [6, 6.07) is 4.21. The van der Waals surface area contributed by atoms with Gasteiger partial charge in [-0.2, -0.15) is 0 Å². The molecule has 2 fully saturated rings. The predicted octanol–water partition coefficient (Wildman–Crippen LogP) is 0.941. The monoisotopic (exact) mass is 632 g/mol. The number of carboxylic acid groups (broad SMARTS) is 1. The Morgan fingerprint density at radius 3 is 2.60 bits per heavy atom. The molecule has 2 saturated heterocycles. The lowest BCUT2D eigenvalue weighted by atomic mass is 10.0. The fourth-order valence-electron chi connectivity index (χ4n) is 4.70. The lowest BCUT2D eigenvalue weighted by molar-refractivity contribution is -0.151. The standard InChI is InChI=1S/C26H25ClN6O9S/c1-13(34)41-11-15-12-43-23-19(22(36)33(23)20(15)24(37)38)28-21(35)18(14-5-3-2-4-6-14)29-25(39)31-9-10-32(26(31)40)30-17-8-7-16(27)42-17/h2-8,16,18-19,23H,9-12H2,1H3,(H,28,35)(H,29,39)(H,37,38)/t16?,18?,19?,23-/m0/s1. The second kappa shape index (κ2) is 12.3. The number of urea groups is 2. The summed E-state index contributed by atoms with van der Waals surface area (Å²) in [5.41, 5.74) is -0.375. The predicted molar refractivity (Wildman–Crippen MR) is 150 cm³/mol. The lowest BCUT2D eigenvalue weighted by Gasteiger charge is -2.49. The number of nitrogens with one attached hydrogen (secondary N) is 2. The first kappa shape index (κ1) is 29.9. The van der Waals surface area contributed by atoms with Gasteiger partial charge in [0.2, 0.25) is 11.8 Å². The normalized spacial score (nSPS) is 24.4. The lowest BCUT2D eigenvalue weighted by Crippen LogP contribution is -2.71. The number of halogens is 1. The number of esters is 1. The van der Waals surface area contributed by atoms with Gasteiger partial charge in [-0.05, 0) is 11.6 Å². The molecule has 4 atom stereocenters. The van der Waals surface area contributed by atoms with Gasteiger partial charge in [0, 0.05) is 24.3 Å². The van der Waals surface area contributed by atoms with Crippen LogP contribution >= 0.6 is 23.4 Å². The molecule has 0 spiro atoms. The highest BCUT2D eigenvalue weighted by atomic mass is 35.5. The molecule has 1 aromatic carbocycles. The number of hydrogen-bond acceptors (Lipinski definition) is 10. The fraction of sp³-hybridized carbons (Fsp3) is 0.346. The van der Waals surface area contributed by atoms with Crippen LogP contribution in [0.1, 0.15) is 18.5 Å². The molecule has 226 valence electrons. The number of rotatable bonds is 8. The van der Waals surface area contributed by atoms with Crippen molar-refractivity contribution in [3.8, 4) is 0 Å². The van der Waals surface area contributed by atoms with Gasteiger partial charge in [0.1, 0.15) is 29.8 Å². The molecule has 0 saturated carbocycles. The highest BCUT2D eigenvalue weighted by Crippen LogP contribution is 2.40. The van der Waals surface area contributed by atoms with Gasteiger partial charge in [0.15, 0.2) is 5.56 Å². The second-order valence-corrected chi connectivity index (χ2v) is 11.1. The maximum absolute atomic E-state index is 13.5. The van der Waals surface area contributed by atoms with Crippen molar-refractivity contribution in [2.45, 2.75) is 29.9 Å². The largest absolute Gasteiger partial charge is 0.477 e. The molecule has 4 aliphatic rings. The zero-order chi connectivity index (χ0) is 30.8. The minimum absolute atomic E-state index is 0.0205. The maximum atomic E-state index is 13.5. The number of hydrogen-bond donors (Lipinski definition) is 3. The van der Waals surface area contributed by atoms with Crippen molar-refractivity contribution in [2.24, 2.45) is 5.10 Å². The number of amides is 6. The molecular weight excluding hydrogens is 608 g/mol. The van der Waals surface area contributed by atoms with E-state index < -0.39 is 58.8 Å². The van der Waals surface area contributed by atoms with E-state index >= 15 is 0 Å². The molecule has 6 amide bonds. The number of benzene rings is 1. The molecule has 3 unspecified atom stereocenters. The van der Waals surface area contributed by atoms with E-state index in [0.29, 0.717) is 5.56 Å². The van der Waals surface area contributed by atoms with E-state index in [4.69, 9.17) is 21.1 Å². The summed E-state index contributed by atoms with van der Waals surface area (Å²) in [6.07, 6.45) is 3.03. The minimum atomic E-state index is -1.37. The number of ether oxygens (including phenoxy) is 2. The van der Waals surface area contributed by atoms with Crippen LogP contribution in [0.2, 0.25) is 0 Å². The molecule has 0 aliphatic carbocycles. The highest BCUT2D eigenvalue weighted by Gasteiger charge is 2.54. The van der Waals surface area contributed by atoms with Gasteiger partial charge < -0.3 is 25.2 Å². The van der Waals surface area contributed by atoms with Crippen LogP contribution in [0, 0.1) is 0 Å². The first-order valence-corrected chi connectivity index (χ1v) is 14.4. The molecule has 0 radical (unpaired) electrons. The molecular formula is C26H25ClN6O9S. The number of carboxylic acids is 1. The van der Waals surface area contributed by atoms with E-state index in [1.807, 2.05) is 0 Å². The van der Waals surface area contributed by atoms with Gasteiger partial charge in [0.25, 0.3) is 5.91 Å². The third-order valence-electron chi connectivity index (χ3n) is 6.74. The van der Waals surface area contributed by atoms with Gasteiger partial charge in [0.05, 0.1) is 13.1 Å². The van der Waals surface area contributed by atoms with Crippen molar-refractivity contribution in [1.82, 2.24) is 25.4 Å². The van der Waals surface area contributed by atoms with Crippen LogP contribution in [0.3, 0.4) is 0 Å². The van der Waals surface area contributed by atoms with Crippen LogP contribution < -0.4 is 10.6 Å². The SMILES string of the molecule is CC(=O)OCC1=C(C(=O)O)N2C(=O)C(NC(=O)C(NC(=O)N3CCN(N=C4C=CC(Cl)O4)C3=O)c3ccccc3)[C@@H]2SC1. The molecule has 43 heavy (non-hydrogen) atoms. The Morgan fingerprint density at radius 1 is 1.21 bits per heavy atom. The van der Waals surface area contributed by atoms with Gasteiger partial charge in [-0.3, -0.25) is 19.3 Å². The van der Waals surface area contributed by atoms with Gasteiger partial charge in [-0.1, -0.05) is 41.9 Å². The summed E-state index contributed by atoms with van der Waals surface area (Å²) < 4.78 is 10.2. The van der Waals surface area contributed by atoms with Crippen LogP contribution in [-0.2, 0) is 28.7 Å². The fourth-order valence-corrected chi connectivity index (χ4v) is 6.19. The summed E-state index contributed by atoms with van der Waals surface area (Å²) in [7, 11) is 0. The smallest absolute Gasteiger partial charge is 0.352 e. The number of hydrazone groups is 1. The highest BCUT2D eigenvalue weighted by molar-refractivity contribution is 8.00. The second-order valence-electron chi connectivity index (χ2n) is 9.55. The van der Waals surface area contributed by atoms with E-state index in [2.05, 4.69) is 15.7 Å². The average Bonchev–Trinajstić information content (AvgIpc) is 3.57. The summed E-state index contributed by atoms with van der Waals surface area (Å²) in [4.78, 5) is 77.8. The van der Waals surface area contributed by atoms with Crippen molar-refractivity contribution in [3.63, 3.8) is 0 Å². The van der Waals surface area contributed by atoms with Crippen LogP contribution in [-0.4, -0.2) is 104 Å². The quantitative estimate of drug-likeness (QED) is 0.211. The Bertz CT molecular complexity index is 1470. The number of fused-ring (bicyclic) bond motifs is 1. The number of nitrogens with zero attached hydrogens (tertiary/aromatic N) is 4. The van der Waals surface area contributed by atoms with E-state index in [0.717, 1.165) is 14.8 Å². The number of thioether (sulfide) groups is 1. The minimum Gasteiger partial charge on any atom is -0.477 e. The number of alkyl halides is 1. The van der Waals surface area contributed by atoms with Gasteiger partial charge in [-0.15, -0.1) is 16.9 Å². The summed E-state index contributed by atoms with van der Waals surface area (Å²) in [6.45, 7) is 0.959. The molecule has 4 aliphatic heterocycles. The summed E-state index contributed by atoms with van der Waals surface area (Å²) >= 11 is 7.03. The molecule has 17 heteroatoms. The Labute approximate surface area is 253 Å². The number of aliphatic carboxylic acids is 1. The zero-order valence-corrected chi connectivity index (χ0v) is 24.0. The van der Waals surface area contributed by atoms with Crippen LogP contribution in [0.5, 0.6) is 0 Å². The Morgan fingerprint density at radius 2 is 1.95 bits per heavy atom. The number of carbonyl (C=O) groups is 6. The number of carbonyl (C=O) groups excluding carboxylic acids is 5. The van der Waals surface area contributed by atoms with Crippen LogP contribution in [0.4, 0.5) is 9.59 Å². The summed E-state index contributed by atoms with van der Waals surface area (Å²) in [5, 5.41) is 19.3. The van der Waals surface area contributed by atoms with E-state index in [9.17, 15) is 33.9 Å². The molecule has 0 aromatic heterocycles. The molecule has 15 nitrogen and oxygen atoms in total. The maximum Gasteiger partial charge on any atom is 0.352 e. The Hall–Kier alpha value is -4.57. The van der Waals surface area contributed by atoms with E-state index in [-0.39, 0.29) is 42.6 Å². The van der Waals surface area contributed by atoms with Crippen LogP contribution in [0.15, 0.2) is 58.9 Å². The topological polar surface area (TPSA) is 187 Å². The van der Waals surface area contributed by atoms with E-state index in [1.165, 1.54) is 30.8 Å². The van der Waals surface area contributed by atoms with Crippen molar-refractivity contribution in [3.05, 3.63) is 59.3 Å². The van der Waals surface area contributed by atoms with Crippen molar-refractivity contribution < 1.29 is 43.3 Å². The van der Waals surface area contributed by atoms with Crippen LogP contribution in [0.25, 0.3) is 0 Å². The Kier molecular flexibility index (Phi) is 8.59. The van der Waals surface area contributed by atoms with Gasteiger partial charge in [-0.25, -0.2) is 24.3 Å². The first-order chi connectivity index (χ1) is 20.5. The molecule has 4 heterocycles. The molecule has 0 bridgehead atoms. The third-order valence-corrected chi connectivity index (χ3v) is 8.31.